The maximum atomic E-state index is 11.2. The molecule has 1 saturated heterocycles. The molecule has 2 rings (SSSR count). The second-order valence-corrected chi connectivity index (χ2v) is 6.81. The number of hydrogen-bond donors (Lipinski definition) is 1. The Labute approximate surface area is 113 Å². The van der Waals surface area contributed by atoms with E-state index >= 15 is 0 Å². The molecule has 1 N–H and O–H groups in total. The van der Waals surface area contributed by atoms with Gasteiger partial charge >= 0.3 is 0 Å². The van der Waals surface area contributed by atoms with Crippen LogP contribution in [0, 0.1) is 6.92 Å². The summed E-state index contributed by atoms with van der Waals surface area (Å²) >= 11 is 0. The van der Waals surface area contributed by atoms with Gasteiger partial charge in [0.05, 0.1) is 12.8 Å². The summed E-state index contributed by atoms with van der Waals surface area (Å²) in [4.78, 5) is 6.39. The van der Waals surface area contributed by atoms with Gasteiger partial charge in [-0.2, -0.15) is 4.98 Å². The average Bonchev–Trinajstić information content (AvgIpc) is 2.73. The molecule has 0 radical (unpaired) electrons. The van der Waals surface area contributed by atoms with Gasteiger partial charge in [0.1, 0.15) is 0 Å². The van der Waals surface area contributed by atoms with E-state index in [1.807, 2.05) is 0 Å². The van der Waals surface area contributed by atoms with E-state index in [0.29, 0.717) is 24.8 Å². The lowest BCUT2D eigenvalue weighted by Crippen LogP contribution is -2.46. The molecule has 1 atom stereocenters. The van der Waals surface area contributed by atoms with Gasteiger partial charge in [0, 0.05) is 12.6 Å². The highest BCUT2D eigenvalue weighted by Crippen LogP contribution is 2.18. The fraction of sp³-hybridized carbons (Fsp3) is 0.818. The fourth-order valence-electron chi connectivity index (χ4n) is 2.32. The smallest absolute Gasteiger partial charge is 0.240 e. The molecule has 0 aromatic carbocycles. The zero-order chi connectivity index (χ0) is 13.9. The molecule has 0 saturated carbocycles. The van der Waals surface area contributed by atoms with E-state index in [0.717, 1.165) is 25.8 Å². The Kier molecular flexibility index (Phi) is 4.54. The lowest BCUT2D eigenvalue weighted by molar-refractivity contribution is 0.125. The first kappa shape index (κ1) is 14.4. The van der Waals surface area contributed by atoms with E-state index < -0.39 is 10.0 Å². The zero-order valence-corrected chi connectivity index (χ0v) is 12.1. The lowest BCUT2D eigenvalue weighted by atomic mass is 10.0. The summed E-state index contributed by atoms with van der Waals surface area (Å²) in [5.41, 5.74) is 0. The Morgan fingerprint density at radius 3 is 2.89 bits per heavy atom. The van der Waals surface area contributed by atoms with Crippen molar-refractivity contribution in [2.75, 3.05) is 19.3 Å². The summed E-state index contributed by atoms with van der Waals surface area (Å²) in [5.74, 6) is 1.21. The summed E-state index contributed by atoms with van der Waals surface area (Å²) in [7, 11) is -3.14. The second-order valence-electron chi connectivity index (χ2n) is 4.98. The molecule has 0 aliphatic carbocycles. The molecular weight excluding hydrogens is 268 g/mol. The van der Waals surface area contributed by atoms with Crippen LogP contribution < -0.4 is 4.72 Å². The second kappa shape index (κ2) is 5.98. The number of nitrogens with zero attached hydrogens (tertiary/aromatic N) is 3. The van der Waals surface area contributed by atoms with Crippen molar-refractivity contribution in [1.82, 2.24) is 19.8 Å². The van der Waals surface area contributed by atoms with E-state index in [-0.39, 0.29) is 6.04 Å². The van der Waals surface area contributed by atoms with Crippen LogP contribution in [0.1, 0.15) is 31.0 Å². The fourth-order valence-corrected chi connectivity index (χ4v) is 2.82. The van der Waals surface area contributed by atoms with E-state index in [2.05, 4.69) is 19.8 Å². The predicted molar refractivity (Wildman–Crippen MR) is 69.9 cm³/mol. The predicted octanol–water partition coefficient (Wildman–Crippen LogP) is 0.282. The van der Waals surface area contributed by atoms with Gasteiger partial charge in [-0.3, -0.25) is 4.90 Å². The maximum absolute atomic E-state index is 11.2. The Morgan fingerprint density at radius 1 is 1.47 bits per heavy atom. The van der Waals surface area contributed by atoms with Crippen molar-refractivity contribution in [1.29, 1.82) is 0 Å². The Hall–Kier alpha value is -0.990. The third-order valence-electron chi connectivity index (χ3n) is 3.24. The van der Waals surface area contributed by atoms with Crippen molar-refractivity contribution in [3.05, 3.63) is 11.7 Å². The highest BCUT2D eigenvalue weighted by molar-refractivity contribution is 7.88. The van der Waals surface area contributed by atoms with Crippen LogP contribution >= 0.6 is 0 Å². The van der Waals surface area contributed by atoms with Crippen molar-refractivity contribution in [2.45, 2.75) is 38.8 Å². The summed E-state index contributed by atoms with van der Waals surface area (Å²) in [6, 6.07) is 0.190. The van der Waals surface area contributed by atoms with Crippen molar-refractivity contribution in [3.63, 3.8) is 0 Å². The number of likely N-dealkylation sites (tertiary alicyclic amines) is 1. The Bertz CT molecular complexity index is 514. The number of sulfonamides is 1. The molecule has 0 bridgehead atoms. The van der Waals surface area contributed by atoms with E-state index in [4.69, 9.17) is 4.52 Å². The summed E-state index contributed by atoms with van der Waals surface area (Å²) in [5, 5.41) is 3.77. The molecule has 1 aromatic heterocycles. The van der Waals surface area contributed by atoms with Gasteiger partial charge in [-0.1, -0.05) is 11.6 Å². The summed E-state index contributed by atoms with van der Waals surface area (Å²) in [6.07, 6.45) is 4.40. The van der Waals surface area contributed by atoms with Crippen molar-refractivity contribution >= 4 is 10.0 Å². The first-order valence-corrected chi connectivity index (χ1v) is 8.31. The average molecular weight is 288 g/mol. The minimum Gasteiger partial charge on any atom is -0.338 e. The zero-order valence-electron chi connectivity index (χ0n) is 11.3. The quantitative estimate of drug-likeness (QED) is 0.837. The van der Waals surface area contributed by atoms with Gasteiger partial charge in [0.2, 0.25) is 15.9 Å². The highest BCUT2D eigenvalue weighted by atomic mass is 32.2. The first-order chi connectivity index (χ1) is 8.94. The molecule has 1 aromatic rings. The molecule has 0 unspecified atom stereocenters. The van der Waals surface area contributed by atoms with E-state index in [1.54, 1.807) is 6.92 Å². The van der Waals surface area contributed by atoms with Crippen LogP contribution in [0.4, 0.5) is 0 Å². The molecule has 1 aliphatic heterocycles. The summed E-state index contributed by atoms with van der Waals surface area (Å²) in [6.45, 7) is 3.73. The largest absolute Gasteiger partial charge is 0.338 e. The lowest BCUT2D eigenvalue weighted by Gasteiger charge is -2.34. The molecule has 0 amide bonds. The third-order valence-corrected chi connectivity index (χ3v) is 3.93. The molecular formula is C11H20N4O3S. The van der Waals surface area contributed by atoms with Crippen LogP contribution in [0.15, 0.2) is 4.52 Å². The van der Waals surface area contributed by atoms with Gasteiger partial charge in [0.25, 0.3) is 0 Å². The highest BCUT2D eigenvalue weighted by Gasteiger charge is 2.24. The van der Waals surface area contributed by atoms with Crippen LogP contribution in [-0.2, 0) is 16.6 Å². The standard InChI is InChI=1S/C11H20N4O3S/c1-9-13-11(18-14-9)8-15-6-4-3-5-10(15)7-12-19(2,16)17/h10,12H,3-8H2,1-2H3/t10-/m0/s1. The monoisotopic (exact) mass is 288 g/mol. The van der Waals surface area contributed by atoms with Gasteiger partial charge in [-0.25, -0.2) is 13.1 Å². The molecule has 2 heterocycles. The van der Waals surface area contributed by atoms with Crippen molar-refractivity contribution < 1.29 is 12.9 Å². The molecule has 1 fully saturated rings. The van der Waals surface area contributed by atoms with Gasteiger partial charge < -0.3 is 4.52 Å². The summed E-state index contributed by atoms with van der Waals surface area (Å²) < 4.78 is 30.0. The minimum absolute atomic E-state index is 0.190. The molecule has 1 aliphatic rings. The molecule has 19 heavy (non-hydrogen) atoms. The number of hydrogen-bond acceptors (Lipinski definition) is 6. The van der Waals surface area contributed by atoms with Crippen LogP contribution in [-0.4, -0.2) is 48.8 Å². The molecule has 8 heteroatoms. The SMILES string of the molecule is Cc1noc(CN2CCCC[C@H]2CNS(C)(=O)=O)n1. The number of nitrogens with one attached hydrogen (secondary N) is 1. The number of rotatable bonds is 5. The van der Waals surface area contributed by atoms with Gasteiger partial charge in [-0.15, -0.1) is 0 Å². The van der Waals surface area contributed by atoms with Crippen molar-refractivity contribution in [3.8, 4) is 0 Å². The Morgan fingerprint density at radius 2 is 2.26 bits per heavy atom. The third kappa shape index (κ3) is 4.55. The number of aryl methyl sites for hydroxylation is 1. The number of piperidine rings is 1. The van der Waals surface area contributed by atoms with Gasteiger partial charge in [0.15, 0.2) is 5.82 Å². The van der Waals surface area contributed by atoms with Crippen LogP contribution in [0.2, 0.25) is 0 Å². The van der Waals surface area contributed by atoms with Crippen LogP contribution in [0.25, 0.3) is 0 Å². The van der Waals surface area contributed by atoms with Crippen LogP contribution in [0.3, 0.4) is 0 Å². The normalized spacial score (nSPS) is 21.7. The van der Waals surface area contributed by atoms with Gasteiger partial charge in [-0.05, 0) is 26.3 Å². The van der Waals surface area contributed by atoms with E-state index in [9.17, 15) is 8.42 Å². The molecule has 7 nitrogen and oxygen atoms in total. The van der Waals surface area contributed by atoms with Crippen LogP contribution in [0.5, 0.6) is 0 Å². The number of aromatic nitrogens is 2. The Balaban J connectivity index is 1.95. The van der Waals surface area contributed by atoms with Crippen molar-refractivity contribution in [2.24, 2.45) is 0 Å². The van der Waals surface area contributed by atoms with E-state index in [1.165, 1.54) is 6.26 Å². The topological polar surface area (TPSA) is 88.3 Å². The maximum Gasteiger partial charge on any atom is 0.240 e. The molecule has 108 valence electrons. The molecule has 0 spiro atoms. The first-order valence-electron chi connectivity index (χ1n) is 6.42. The minimum atomic E-state index is -3.14.